The summed E-state index contributed by atoms with van der Waals surface area (Å²) in [6, 6.07) is 21.5. The molecule has 0 saturated heterocycles. The number of ether oxygens (including phenoxy) is 1. The van der Waals surface area contributed by atoms with E-state index in [0.29, 0.717) is 17.9 Å². The fourth-order valence-electron chi connectivity index (χ4n) is 3.35. The number of hydrogen-bond donors (Lipinski definition) is 1. The van der Waals surface area contributed by atoms with Gasteiger partial charge in [-0.3, -0.25) is 9.78 Å². The third kappa shape index (κ3) is 3.80. The topological polar surface area (TPSA) is 63.6 Å². The zero-order valence-electron chi connectivity index (χ0n) is 16.3. The highest BCUT2D eigenvalue weighted by molar-refractivity contribution is 6.03. The van der Waals surface area contributed by atoms with Crippen molar-refractivity contribution in [3.8, 4) is 5.75 Å². The minimum Gasteiger partial charge on any atom is -0.493 e. The Morgan fingerprint density at radius 2 is 1.83 bits per heavy atom. The van der Waals surface area contributed by atoms with Gasteiger partial charge in [0.25, 0.3) is 5.91 Å². The predicted molar refractivity (Wildman–Crippen MR) is 117 cm³/mol. The van der Waals surface area contributed by atoms with Crippen molar-refractivity contribution in [1.82, 2.24) is 10.4 Å². The summed E-state index contributed by atoms with van der Waals surface area (Å²) >= 11 is 0. The highest BCUT2D eigenvalue weighted by atomic mass is 16.5. The van der Waals surface area contributed by atoms with E-state index in [-0.39, 0.29) is 5.91 Å². The van der Waals surface area contributed by atoms with Crippen molar-refractivity contribution < 1.29 is 9.53 Å². The molecule has 1 amide bonds. The first kappa shape index (κ1) is 18.6. The molecule has 0 aliphatic heterocycles. The summed E-state index contributed by atoms with van der Waals surface area (Å²) in [5.41, 5.74) is 5.48. The van der Waals surface area contributed by atoms with Crippen molar-refractivity contribution in [3.05, 3.63) is 83.6 Å². The van der Waals surface area contributed by atoms with E-state index < -0.39 is 0 Å². The van der Waals surface area contributed by atoms with Gasteiger partial charge in [-0.2, -0.15) is 5.10 Å². The summed E-state index contributed by atoms with van der Waals surface area (Å²) in [6.07, 6.45) is 1.63. The fraction of sp³-hybridized carbons (Fsp3) is 0.125. The molecule has 0 fully saturated rings. The fourth-order valence-corrected chi connectivity index (χ4v) is 3.35. The lowest BCUT2D eigenvalue weighted by molar-refractivity contribution is 0.0954. The molecule has 0 aliphatic rings. The van der Waals surface area contributed by atoms with Crippen molar-refractivity contribution in [2.45, 2.75) is 13.8 Å². The number of hydrazone groups is 1. The number of aryl methyl sites for hydroxylation is 1. The molecular weight excluding hydrogens is 362 g/mol. The normalized spacial score (nSPS) is 11.2. The largest absolute Gasteiger partial charge is 0.493 e. The first-order valence-corrected chi connectivity index (χ1v) is 9.51. The Balaban J connectivity index is 1.63. The quantitative estimate of drug-likeness (QED) is 0.395. The van der Waals surface area contributed by atoms with E-state index in [4.69, 9.17) is 4.74 Å². The number of fused-ring (bicyclic) bond motifs is 2. The molecule has 4 rings (SSSR count). The Kier molecular flexibility index (Phi) is 5.20. The minimum atomic E-state index is -0.296. The molecule has 0 spiro atoms. The van der Waals surface area contributed by atoms with Gasteiger partial charge in [0, 0.05) is 10.9 Å². The van der Waals surface area contributed by atoms with Gasteiger partial charge >= 0.3 is 0 Å². The van der Waals surface area contributed by atoms with Gasteiger partial charge in [-0.05, 0) is 42.8 Å². The molecule has 5 heteroatoms. The van der Waals surface area contributed by atoms with E-state index in [9.17, 15) is 4.79 Å². The molecule has 0 unspecified atom stereocenters. The first-order valence-electron chi connectivity index (χ1n) is 9.51. The van der Waals surface area contributed by atoms with Crippen molar-refractivity contribution in [1.29, 1.82) is 0 Å². The standard InChI is InChI=1S/C24H21N3O2/c1-3-29-23-13-12-17-8-4-6-10-19(17)21(23)15-25-27-24(28)20-14-18-9-5-7-11-22(18)26-16(20)2/h4-15H,3H2,1-2H3,(H,27,28). The van der Waals surface area contributed by atoms with Crippen LogP contribution in [0, 0.1) is 6.92 Å². The van der Waals surface area contributed by atoms with Gasteiger partial charge < -0.3 is 4.74 Å². The number of nitrogens with one attached hydrogen (secondary N) is 1. The monoisotopic (exact) mass is 383 g/mol. The molecule has 4 aromatic rings. The number of benzene rings is 3. The Morgan fingerprint density at radius 1 is 1.07 bits per heavy atom. The van der Waals surface area contributed by atoms with Crippen molar-refractivity contribution in [3.63, 3.8) is 0 Å². The number of para-hydroxylation sites is 1. The van der Waals surface area contributed by atoms with Gasteiger partial charge in [0.2, 0.25) is 0 Å². The molecule has 0 aliphatic carbocycles. The zero-order chi connectivity index (χ0) is 20.2. The van der Waals surface area contributed by atoms with Gasteiger partial charge in [-0.15, -0.1) is 0 Å². The van der Waals surface area contributed by atoms with Gasteiger partial charge in [0.05, 0.1) is 29.6 Å². The lowest BCUT2D eigenvalue weighted by atomic mass is 10.0. The molecular formula is C24H21N3O2. The molecule has 0 atom stereocenters. The molecule has 1 N–H and O–H groups in total. The van der Waals surface area contributed by atoms with E-state index in [1.807, 2.05) is 80.6 Å². The minimum absolute atomic E-state index is 0.296. The van der Waals surface area contributed by atoms with Crippen molar-refractivity contribution >= 4 is 33.8 Å². The molecule has 0 radical (unpaired) electrons. The molecule has 3 aromatic carbocycles. The van der Waals surface area contributed by atoms with Crippen molar-refractivity contribution in [2.24, 2.45) is 5.10 Å². The average Bonchev–Trinajstić information content (AvgIpc) is 2.74. The van der Waals surface area contributed by atoms with Gasteiger partial charge in [0.15, 0.2) is 0 Å². The third-order valence-corrected chi connectivity index (χ3v) is 4.75. The number of amides is 1. The number of hydrogen-bond acceptors (Lipinski definition) is 4. The lowest BCUT2D eigenvalue weighted by Gasteiger charge is -2.10. The maximum absolute atomic E-state index is 12.7. The maximum Gasteiger partial charge on any atom is 0.273 e. The molecule has 1 aromatic heterocycles. The first-order chi connectivity index (χ1) is 14.2. The smallest absolute Gasteiger partial charge is 0.273 e. The van der Waals surface area contributed by atoms with Crippen LogP contribution in [0.5, 0.6) is 5.75 Å². The summed E-state index contributed by atoms with van der Waals surface area (Å²) in [5.74, 6) is 0.433. The average molecular weight is 383 g/mol. The van der Waals surface area contributed by atoms with E-state index >= 15 is 0 Å². The molecule has 5 nitrogen and oxygen atoms in total. The van der Waals surface area contributed by atoms with Crippen LogP contribution in [0.3, 0.4) is 0 Å². The van der Waals surface area contributed by atoms with Crippen LogP contribution < -0.4 is 10.2 Å². The number of carbonyl (C=O) groups is 1. The van der Waals surface area contributed by atoms with Crippen LogP contribution in [-0.2, 0) is 0 Å². The summed E-state index contributed by atoms with van der Waals surface area (Å²) in [7, 11) is 0. The van der Waals surface area contributed by atoms with Crippen molar-refractivity contribution in [2.75, 3.05) is 6.61 Å². The second kappa shape index (κ2) is 8.10. The van der Waals surface area contributed by atoms with Gasteiger partial charge in [0.1, 0.15) is 5.75 Å². The molecule has 1 heterocycles. The number of pyridine rings is 1. The zero-order valence-corrected chi connectivity index (χ0v) is 16.3. The maximum atomic E-state index is 12.7. The second-order valence-electron chi connectivity index (χ2n) is 6.64. The molecule has 144 valence electrons. The summed E-state index contributed by atoms with van der Waals surface area (Å²) in [6.45, 7) is 4.31. The molecule has 0 saturated carbocycles. The van der Waals surface area contributed by atoms with Crippen LogP contribution in [0.25, 0.3) is 21.7 Å². The van der Waals surface area contributed by atoms with E-state index in [1.54, 1.807) is 6.21 Å². The third-order valence-electron chi connectivity index (χ3n) is 4.75. The Morgan fingerprint density at radius 3 is 2.66 bits per heavy atom. The number of nitrogens with zero attached hydrogens (tertiary/aromatic N) is 2. The summed E-state index contributed by atoms with van der Waals surface area (Å²) < 4.78 is 5.74. The van der Waals surface area contributed by atoms with Gasteiger partial charge in [-0.1, -0.05) is 48.5 Å². The summed E-state index contributed by atoms with van der Waals surface area (Å²) in [4.78, 5) is 17.2. The van der Waals surface area contributed by atoms with Crippen LogP contribution in [0.15, 0.2) is 71.8 Å². The van der Waals surface area contributed by atoms with Crippen LogP contribution in [0.2, 0.25) is 0 Å². The van der Waals surface area contributed by atoms with E-state index in [0.717, 1.165) is 33.0 Å². The number of aromatic nitrogens is 1. The SMILES string of the molecule is CCOc1ccc2ccccc2c1C=NNC(=O)c1cc2ccccc2nc1C. The second-order valence-corrected chi connectivity index (χ2v) is 6.64. The van der Waals surface area contributed by atoms with Crippen LogP contribution in [-0.4, -0.2) is 23.7 Å². The summed E-state index contributed by atoms with van der Waals surface area (Å²) in [5, 5.41) is 7.21. The lowest BCUT2D eigenvalue weighted by Crippen LogP contribution is -2.19. The Hall–Kier alpha value is -3.73. The number of rotatable bonds is 5. The van der Waals surface area contributed by atoms with Crippen LogP contribution >= 0.6 is 0 Å². The highest BCUT2D eigenvalue weighted by Gasteiger charge is 2.11. The van der Waals surface area contributed by atoms with E-state index in [1.165, 1.54) is 0 Å². The Labute approximate surface area is 169 Å². The van der Waals surface area contributed by atoms with E-state index in [2.05, 4.69) is 15.5 Å². The van der Waals surface area contributed by atoms with Crippen LogP contribution in [0.4, 0.5) is 0 Å². The van der Waals surface area contributed by atoms with Gasteiger partial charge in [-0.25, -0.2) is 5.43 Å². The highest BCUT2D eigenvalue weighted by Crippen LogP contribution is 2.26. The Bertz CT molecular complexity index is 1230. The van der Waals surface area contributed by atoms with Crippen LogP contribution in [0.1, 0.15) is 28.5 Å². The predicted octanol–water partition coefficient (Wildman–Crippen LogP) is 4.86. The molecule has 0 bridgehead atoms. The number of carbonyl (C=O) groups excluding carboxylic acids is 1. The molecule has 29 heavy (non-hydrogen) atoms.